The Morgan fingerprint density at radius 3 is 2.50 bits per heavy atom. The summed E-state index contributed by atoms with van der Waals surface area (Å²) in [6.45, 7) is 1.56. The lowest BCUT2D eigenvalue weighted by Gasteiger charge is -2.16. The van der Waals surface area contributed by atoms with E-state index in [9.17, 15) is 19.3 Å². The Hall–Kier alpha value is -1.89. The number of nitro groups is 1. The summed E-state index contributed by atoms with van der Waals surface area (Å²) in [4.78, 5) is 22.7. The first-order valence-electron chi connectivity index (χ1n) is 6.60. The van der Waals surface area contributed by atoms with Crippen LogP contribution in [0.3, 0.4) is 0 Å². The number of amides is 1. The van der Waals surface area contributed by atoms with Gasteiger partial charge in [0.15, 0.2) is 0 Å². The van der Waals surface area contributed by atoms with Crippen LogP contribution in [0.25, 0.3) is 0 Å². The summed E-state index contributed by atoms with van der Waals surface area (Å²) in [5.74, 6) is -1.42. The van der Waals surface area contributed by atoms with Gasteiger partial charge in [-0.1, -0.05) is 34.8 Å². The summed E-state index contributed by atoms with van der Waals surface area (Å²) < 4.78 is 13.6. The van der Waals surface area contributed by atoms with E-state index in [0.717, 1.165) is 12.1 Å². The largest absolute Gasteiger partial charge is 0.345 e. The summed E-state index contributed by atoms with van der Waals surface area (Å²) >= 11 is 17.4. The van der Waals surface area contributed by atoms with E-state index >= 15 is 0 Å². The number of rotatable bonds is 4. The lowest BCUT2D eigenvalue weighted by atomic mass is 10.1. The van der Waals surface area contributed by atoms with E-state index in [2.05, 4.69) is 5.32 Å². The van der Waals surface area contributed by atoms with Gasteiger partial charge in [-0.2, -0.15) is 0 Å². The first kappa shape index (κ1) is 18.4. The van der Waals surface area contributed by atoms with Crippen molar-refractivity contribution < 1.29 is 14.1 Å². The maximum Gasteiger partial charge on any atom is 0.282 e. The number of benzene rings is 2. The highest BCUT2D eigenvalue weighted by molar-refractivity contribution is 6.35. The predicted molar refractivity (Wildman–Crippen MR) is 90.4 cm³/mol. The summed E-state index contributed by atoms with van der Waals surface area (Å²) in [6.07, 6.45) is 0. The van der Waals surface area contributed by atoms with Crippen LogP contribution in [0.1, 0.15) is 28.9 Å². The van der Waals surface area contributed by atoms with Crippen molar-refractivity contribution in [3.63, 3.8) is 0 Å². The number of hydrogen-bond acceptors (Lipinski definition) is 3. The smallest absolute Gasteiger partial charge is 0.282 e. The fourth-order valence-corrected chi connectivity index (χ4v) is 2.79. The second kappa shape index (κ2) is 7.34. The summed E-state index contributed by atoms with van der Waals surface area (Å²) in [5.41, 5.74) is -0.306. The molecule has 2 aromatic carbocycles. The van der Waals surface area contributed by atoms with Crippen molar-refractivity contribution in [3.8, 4) is 0 Å². The first-order valence-corrected chi connectivity index (χ1v) is 7.73. The zero-order chi connectivity index (χ0) is 18.0. The number of carbonyl (C=O) groups excluding carboxylic acids is 1. The van der Waals surface area contributed by atoms with Gasteiger partial charge in [0, 0.05) is 16.1 Å². The summed E-state index contributed by atoms with van der Waals surface area (Å²) in [7, 11) is 0. The van der Waals surface area contributed by atoms with Gasteiger partial charge in [0.2, 0.25) is 0 Å². The third-order valence-electron chi connectivity index (χ3n) is 3.25. The van der Waals surface area contributed by atoms with Crippen molar-refractivity contribution in [1.29, 1.82) is 0 Å². The highest BCUT2D eigenvalue weighted by atomic mass is 35.5. The van der Waals surface area contributed by atoms with E-state index in [-0.39, 0.29) is 26.2 Å². The van der Waals surface area contributed by atoms with Crippen molar-refractivity contribution in [2.24, 2.45) is 0 Å². The number of nitrogens with one attached hydrogen (secondary N) is 1. The minimum absolute atomic E-state index is 0.146. The molecule has 0 aromatic heterocycles. The van der Waals surface area contributed by atoms with E-state index in [0.29, 0.717) is 0 Å². The van der Waals surface area contributed by atoms with Crippen LogP contribution in [0, 0.1) is 15.9 Å². The molecule has 2 rings (SSSR count). The summed E-state index contributed by atoms with van der Waals surface area (Å²) in [6, 6.07) is 5.24. The number of hydrogen-bond donors (Lipinski definition) is 1. The zero-order valence-corrected chi connectivity index (χ0v) is 14.4. The molecule has 1 amide bonds. The second-order valence-corrected chi connectivity index (χ2v) is 6.15. The molecule has 0 fully saturated rings. The van der Waals surface area contributed by atoms with E-state index in [4.69, 9.17) is 34.8 Å². The van der Waals surface area contributed by atoms with Crippen LogP contribution in [0.2, 0.25) is 15.1 Å². The van der Waals surface area contributed by atoms with E-state index in [1.54, 1.807) is 6.92 Å². The van der Waals surface area contributed by atoms with Crippen LogP contribution < -0.4 is 5.32 Å². The van der Waals surface area contributed by atoms with Crippen molar-refractivity contribution >= 4 is 46.4 Å². The molecule has 9 heteroatoms. The standard InChI is InChI=1S/C15H10Cl3FN2O3/c1-7(9-5-13(19)12(18)6-11(9)17)20-15(22)10-4-8(16)2-3-14(10)21(23)24/h2-7H,1H3,(H,20,22). The average molecular weight is 392 g/mol. The Labute approximate surface area is 151 Å². The SMILES string of the molecule is CC(NC(=O)c1cc(Cl)ccc1[N+](=O)[O-])c1cc(F)c(Cl)cc1Cl. The van der Waals surface area contributed by atoms with Gasteiger partial charge >= 0.3 is 0 Å². The molecule has 0 saturated carbocycles. The van der Waals surface area contributed by atoms with Crippen molar-refractivity contribution in [2.75, 3.05) is 0 Å². The average Bonchev–Trinajstić information content (AvgIpc) is 2.50. The molecule has 24 heavy (non-hydrogen) atoms. The molecule has 0 spiro atoms. The maximum atomic E-state index is 13.6. The van der Waals surface area contributed by atoms with Crippen LogP contribution in [-0.4, -0.2) is 10.8 Å². The molecule has 1 atom stereocenters. The van der Waals surface area contributed by atoms with Gasteiger partial charge in [-0.05, 0) is 36.8 Å². The van der Waals surface area contributed by atoms with E-state index in [1.165, 1.54) is 18.2 Å². The van der Waals surface area contributed by atoms with Gasteiger partial charge in [0.25, 0.3) is 11.6 Å². The van der Waals surface area contributed by atoms with Gasteiger partial charge in [0.05, 0.1) is 16.0 Å². The molecule has 2 aromatic rings. The highest BCUT2D eigenvalue weighted by Gasteiger charge is 2.23. The molecular weight excluding hydrogens is 382 g/mol. The van der Waals surface area contributed by atoms with Crippen LogP contribution in [0.5, 0.6) is 0 Å². The van der Waals surface area contributed by atoms with Gasteiger partial charge in [0.1, 0.15) is 11.4 Å². The molecule has 5 nitrogen and oxygen atoms in total. The molecular formula is C15H10Cl3FN2O3. The lowest BCUT2D eigenvalue weighted by molar-refractivity contribution is -0.385. The third kappa shape index (κ3) is 3.95. The number of carbonyl (C=O) groups is 1. The summed E-state index contributed by atoms with van der Waals surface area (Å²) in [5, 5.41) is 13.7. The minimum Gasteiger partial charge on any atom is -0.345 e. The Bertz CT molecular complexity index is 830. The van der Waals surface area contributed by atoms with Crippen LogP contribution in [0.15, 0.2) is 30.3 Å². The van der Waals surface area contributed by atoms with Gasteiger partial charge < -0.3 is 5.32 Å². The van der Waals surface area contributed by atoms with E-state index < -0.39 is 28.4 Å². The Morgan fingerprint density at radius 1 is 1.21 bits per heavy atom. The molecule has 0 radical (unpaired) electrons. The Morgan fingerprint density at radius 2 is 1.88 bits per heavy atom. The molecule has 1 N–H and O–H groups in total. The van der Waals surface area contributed by atoms with Gasteiger partial charge in [-0.25, -0.2) is 4.39 Å². The predicted octanol–water partition coefficient (Wildman–Crippen LogP) is 5.19. The molecule has 0 aliphatic heterocycles. The molecule has 1 unspecified atom stereocenters. The topological polar surface area (TPSA) is 72.2 Å². The number of nitro benzene ring substituents is 1. The minimum atomic E-state index is -0.733. The Kier molecular flexibility index (Phi) is 5.64. The normalized spacial score (nSPS) is 11.9. The van der Waals surface area contributed by atoms with Crippen molar-refractivity contribution in [2.45, 2.75) is 13.0 Å². The zero-order valence-electron chi connectivity index (χ0n) is 12.1. The fourth-order valence-electron chi connectivity index (χ4n) is 2.07. The lowest BCUT2D eigenvalue weighted by Crippen LogP contribution is -2.27. The molecule has 0 aliphatic carbocycles. The van der Waals surface area contributed by atoms with Crippen LogP contribution in [-0.2, 0) is 0 Å². The second-order valence-electron chi connectivity index (χ2n) is 4.90. The molecule has 0 heterocycles. The van der Waals surface area contributed by atoms with Crippen LogP contribution in [0.4, 0.5) is 10.1 Å². The monoisotopic (exact) mass is 390 g/mol. The molecule has 0 saturated heterocycles. The van der Waals surface area contributed by atoms with Gasteiger partial charge in [-0.3, -0.25) is 14.9 Å². The maximum absolute atomic E-state index is 13.6. The first-order chi connectivity index (χ1) is 11.2. The van der Waals surface area contributed by atoms with Crippen LogP contribution >= 0.6 is 34.8 Å². The third-order valence-corrected chi connectivity index (χ3v) is 4.11. The van der Waals surface area contributed by atoms with E-state index in [1.807, 2.05) is 0 Å². The molecule has 0 bridgehead atoms. The van der Waals surface area contributed by atoms with Crippen molar-refractivity contribution in [1.82, 2.24) is 5.32 Å². The quantitative estimate of drug-likeness (QED) is 0.443. The fraction of sp³-hybridized carbons (Fsp3) is 0.133. The van der Waals surface area contributed by atoms with Gasteiger partial charge in [-0.15, -0.1) is 0 Å². The highest BCUT2D eigenvalue weighted by Crippen LogP contribution is 2.29. The Balaban J connectivity index is 2.32. The van der Waals surface area contributed by atoms with Crippen molar-refractivity contribution in [3.05, 3.63) is 72.5 Å². The number of halogens is 4. The number of nitrogens with zero attached hydrogens (tertiary/aromatic N) is 1. The molecule has 126 valence electrons. The molecule has 0 aliphatic rings.